The third-order valence-electron chi connectivity index (χ3n) is 12.6. The van der Waals surface area contributed by atoms with E-state index in [1.807, 2.05) is 60.7 Å². The van der Waals surface area contributed by atoms with E-state index < -0.39 is 65.7 Å². The Balaban J connectivity index is 0.963. The largest absolute Gasteiger partial charge is 0.442 e. The quantitative estimate of drug-likeness (QED) is 0.135. The second-order valence-electron chi connectivity index (χ2n) is 15.2. The molecule has 10 rings (SSSR count). The lowest BCUT2D eigenvalue weighted by atomic mass is 9.53. The summed E-state index contributed by atoms with van der Waals surface area (Å²) in [5.41, 5.74) is 0. The summed E-state index contributed by atoms with van der Waals surface area (Å²) in [6, 6.07) is 25.1. The summed E-state index contributed by atoms with van der Waals surface area (Å²) < 4.78 is 108. The summed E-state index contributed by atoms with van der Waals surface area (Å²) in [6.45, 7) is 0. The Morgan fingerprint density at radius 2 is 1.25 bits per heavy atom. The van der Waals surface area contributed by atoms with E-state index in [4.69, 9.17) is 13.7 Å². The van der Waals surface area contributed by atoms with Gasteiger partial charge < -0.3 is 13.7 Å². The van der Waals surface area contributed by atoms with Crippen LogP contribution in [0.1, 0.15) is 44.9 Å². The molecular weight excluding hydrogens is 661 g/mol. The fourth-order valence-electron chi connectivity index (χ4n) is 10.8. The molecule has 1 heterocycles. The van der Waals surface area contributed by atoms with Crippen LogP contribution in [0.15, 0.2) is 84.9 Å². The minimum Gasteiger partial charge on any atom is -0.378 e. The maximum Gasteiger partial charge on any atom is 0.442 e. The van der Waals surface area contributed by atoms with Crippen LogP contribution in [0.4, 0.5) is 17.6 Å². The van der Waals surface area contributed by atoms with Crippen molar-refractivity contribution in [1.82, 2.24) is 0 Å². The molecule has 0 radical (unpaired) electrons. The molecule has 254 valence electrons. The molecule has 3 aromatic rings. The number of fused-ring (bicyclic) bond motifs is 5. The molecule has 5 atom stereocenters. The van der Waals surface area contributed by atoms with Crippen molar-refractivity contribution in [3.05, 3.63) is 84.9 Å². The highest BCUT2D eigenvalue weighted by molar-refractivity contribution is 7.88. The molecule has 0 amide bonds. The van der Waals surface area contributed by atoms with Crippen molar-refractivity contribution in [3.63, 3.8) is 0 Å². The van der Waals surface area contributed by atoms with Crippen molar-refractivity contribution in [2.24, 2.45) is 41.4 Å². The maximum atomic E-state index is 16.1. The highest BCUT2D eigenvalue weighted by Gasteiger charge is 2.77. The molecule has 1 spiro atoms. The van der Waals surface area contributed by atoms with Crippen LogP contribution in [-0.4, -0.2) is 46.4 Å². The van der Waals surface area contributed by atoms with Gasteiger partial charge in [-0.2, -0.15) is 26.0 Å². The Morgan fingerprint density at radius 1 is 0.688 bits per heavy atom. The fourth-order valence-corrected chi connectivity index (χ4v) is 14.8. The molecule has 0 N–H and O–H groups in total. The predicted molar refractivity (Wildman–Crippen MR) is 174 cm³/mol. The summed E-state index contributed by atoms with van der Waals surface area (Å²) in [4.78, 5) is 0. The number of hydrogen-bond acceptors (Lipinski definition) is 5. The van der Waals surface area contributed by atoms with Crippen molar-refractivity contribution < 1.29 is 39.6 Å². The lowest BCUT2D eigenvalue weighted by molar-refractivity contribution is -0.304. The van der Waals surface area contributed by atoms with Crippen molar-refractivity contribution in [2.75, 3.05) is 0 Å². The van der Waals surface area contributed by atoms with Crippen LogP contribution < -0.4 is 19.7 Å². The van der Waals surface area contributed by atoms with Gasteiger partial charge in [0.25, 0.3) is 0 Å². The Bertz CT molecular complexity index is 1740. The number of benzene rings is 3. The average molecular weight is 699 g/mol. The first-order chi connectivity index (χ1) is 23.0. The molecule has 6 aliphatic carbocycles. The fraction of sp³-hybridized carbons (Fsp3) is 0.514. The minimum atomic E-state index is -6.10. The standard InChI is InChI=1S/C37H38F4O5SSi/c38-36(39,32-20-24-19-31(32)34-33(24)44-35(45-34)25-15-22-14-23(17-25)18-26(35)16-22)37(40,41)47(42,43)46-27-8-7-13-30(21-27)48(28-9-3-1-4-10-28)29-11-5-2-6-12-29/h1-13,21-26,31-34,48H,14-20H2. The maximum absolute atomic E-state index is 16.1. The smallest absolute Gasteiger partial charge is 0.378 e. The number of ether oxygens (including phenoxy) is 2. The summed E-state index contributed by atoms with van der Waals surface area (Å²) in [6.07, 6.45) is 4.10. The van der Waals surface area contributed by atoms with Gasteiger partial charge in [0, 0.05) is 17.8 Å². The Morgan fingerprint density at radius 3 is 1.85 bits per heavy atom. The molecule has 48 heavy (non-hydrogen) atoms. The van der Waals surface area contributed by atoms with Gasteiger partial charge in [-0.1, -0.05) is 83.2 Å². The molecule has 1 saturated heterocycles. The molecule has 6 saturated carbocycles. The van der Waals surface area contributed by atoms with E-state index in [2.05, 4.69) is 0 Å². The molecule has 0 aromatic heterocycles. The SMILES string of the molecule is O=S(=O)(Oc1cccc([SiH](c2ccccc2)c2ccccc2)c1)C(F)(F)C(F)(F)C1CC2CC1C1OC3(OC21)C1CC2CC(C1)CC3C2. The third kappa shape index (κ3) is 4.55. The molecule has 5 unspecified atom stereocenters. The van der Waals surface area contributed by atoms with Crippen LogP contribution in [0.2, 0.25) is 0 Å². The van der Waals surface area contributed by atoms with Crippen LogP contribution in [0, 0.1) is 41.4 Å². The first-order valence-corrected chi connectivity index (χ1v) is 20.4. The Hall–Kier alpha value is -2.73. The van der Waals surface area contributed by atoms with E-state index in [0.29, 0.717) is 17.0 Å². The van der Waals surface area contributed by atoms with E-state index in [0.717, 1.165) is 36.1 Å². The van der Waals surface area contributed by atoms with E-state index in [1.165, 1.54) is 24.6 Å². The van der Waals surface area contributed by atoms with Crippen molar-refractivity contribution in [1.29, 1.82) is 0 Å². The summed E-state index contributed by atoms with van der Waals surface area (Å²) >= 11 is 0. The number of alkyl halides is 4. The van der Waals surface area contributed by atoms with E-state index in [1.54, 1.807) is 6.07 Å². The lowest BCUT2D eigenvalue weighted by Crippen LogP contribution is -2.59. The topological polar surface area (TPSA) is 61.8 Å². The zero-order chi connectivity index (χ0) is 33.1. The number of halogens is 4. The molecule has 7 fully saturated rings. The second kappa shape index (κ2) is 10.9. The van der Waals surface area contributed by atoms with Crippen LogP contribution in [0.25, 0.3) is 0 Å². The molecule has 7 aliphatic rings. The van der Waals surface area contributed by atoms with Crippen molar-refractivity contribution >= 4 is 34.5 Å². The van der Waals surface area contributed by atoms with Gasteiger partial charge in [0.1, 0.15) is 14.5 Å². The highest BCUT2D eigenvalue weighted by Crippen LogP contribution is 2.68. The van der Waals surface area contributed by atoms with Gasteiger partial charge in [-0.05, 0) is 85.9 Å². The van der Waals surface area contributed by atoms with E-state index >= 15 is 17.6 Å². The normalized spacial score (nSPS) is 36.6. The molecule has 1 aliphatic heterocycles. The summed E-state index contributed by atoms with van der Waals surface area (Å²) in [5.74, 6) is -7.56. The van der Waals surface area contributed by atoms with Crippen molar-refractivity contribution in [3.8, 4) is 5.75 Å². The van der Waals surface area contributed by atoms with Crippen LogP contribution in [0.5, 0.6) is 5.75 Å². The van der Waals surface area contributed by atoms with E-state index in [9.17, 15) is 8.42 Å². The molecule has 6 bridgehead atoms. The highest BCUT2D eigenvalue weighted by atomic mass is 32.2. The third-order valence-corrected chi connectivity index (χ3v) is 17.0. The van der Waals surface area contributed by atoms with Gasteiger partial charge in [0.05, 0.1) is 12.2 Å². The van der Waals surface area contributed by atoms with Gasteiger partial charge in [-0.15, -0.1) is 0 Å². The monoisotopic (exact) mass is 698 g/mol. The Labute approximate surface area is 279 Å². The second-order valence-corrected chi connectivity index (χ2v) is 19.7. The van der Waals surface area contributed by atoms with E-state index in [-0.39, 0.29) is 30.6 Å². The van der Waals surface area contributed by atoms with Gasteiger partial charge in [-0.3, -0.25) is 0 Å². The van der Waals surface area contributed by atoms with Gasteiger partial charge in [0.2, 0.25) is 0 Å². The van der Waals surface area contributed by atoms with Crippen LogP contribution in [-0.2, 0) is 19.6 Å². The first kappa shape index (κ1) is 31.3. The zero-order valence-corrected chi connectivity index (χ0v) is 28.2. The summed E-state index contributed by atoms with van der Waals surface area (Å²) in [7, 11) is -8.28. The van der Waals surface area contributed by atoms with Crippen LogP contribution >= 0.6 is 0 Å². The minimum absolute atomic E-state index is 0.204. The van der Waals surface area contributed by atoms with Gasteiger partial charge in [0.15, 0.2) is 5.79 Å². The predicted octanol–water partition coefficient (Wildman–Crippen LogP) is 5.46. The zero-order valence-electron chi connectivity index (χ0n) is 26.3. The van der Waals surface area contributed by atoms with Crippen molar-refractivity contribution in [2.45, 2.75) is 74.1 Å². The number of rotatable bonds is 8. The average Bonchev–Trinajstić information content (AvgIpc) is 3.77. The van der Waals surface area contributed by atoms with Gasteiger partial charge in [-0.25, -0.2) is 0 Å². The molecule has 5 nitrogen and oxygen atoms in total. The van der Waals surface area contributed by atoms with Crippen LogP contribution in [0.3, 0.4) is 0 Å². The lowest BCUT2D eigenvalue weighted by Gasteiger charge is -2.58. The molecule has 11 heteroatoms. The first-order valence-electron chi connectivity index (χ1n) is 17.2. The number of hydrogen-bond donors (Lipinski definition) is 0. The Kier molecular flexibility index (Phi) is 7.09. The summed E-state index contributed by atoms with van der Waals surface area (Å²) in [5, 5.41) is -2.73. The van der Waals surface area contributed by atoms with Gasteiger partial charge >= 0.3 is 21.3 Å². The molecule has 3 aromatic carbocycles. The molecular formula is C37H38F4O5SSi.